The van der Waals surface area contributed by atoms with Crippen LogP contribution in [-0.2, 0) is 4.79 Å². The SMILES string of the molecule is CC(C)C(CNC(=O)C1CCC(O)CC1)N(C)C. The monoisotopic (exact) mass is 256 g/mol. The van der Waals surface area contributed by atoms with Crippen molar-refractivity contribution in [2.75, 3.05) is 20.6 Å². The number of aliphatic hydroxyl groups excluding tert-OH is 1. The Morgan fingerprint density at radius 3 is 2.28 bits per heavy atom. The van der Waals surface area contributed by atoms with E-state index < -0.39 is 0 Å². The van der Waals surface area contributed by atoms with Gasteiger partial charge < -0.3 is 15.3 Å². The van der Waals surface area contributed by atoms with Gasteiger partial charge in [0.1, 0.15) is 0 Å². The first-order valence-corrected chi connectivity index (χ1v) is 7.04. The molecule has 1 saturated carbocycles. The smallest absolute Gasteiger partial charge is 0.223 e. The van der Waals surface area contributed by atoms with Gasteiger partial charge >= 0.3 is 0 Å². The van der Waals surface area contributed by atoms with E-state index in [0.717, 1.165) is 25.7 Å². The summed E-state index contributed by atoms with van der Waals surface area (Å²) in [6.45, 7) is 5.06. The van der Waals surface area contributed by atoms with E-state index in [1.54, 1.807) is 0 Å². The average molecular weight is 256 g/mol. The van der Waals surface area contributed by atoms with Gasteiger partial charge in [-0.25, -0.2) is 0 Å². The maximum atomic E-state index is 12.0. The van der Waals surface area contributed by atoms with Crippen molar-refractivity contribution in [3.8, 4) is 0 Å². The molecule has 1 amide bonds. The van der Waals surface area contributed by atoms with Crippen LogP contribution in [0.3, 0.4) is 0 Å². The molecule has 1 aliphatic carbocycles. The van der Waals surface area contributed by atoms with Gasteiger partial charge in [0.2, 0.25) is 5.91 Å². The summed E-state index contributed by atoms with van der Waals surface area (Å²) >= 11 is 0. The predicted octanol–water partition coefficient (Wildman–Crippen LogP) is 1.24. The van der Waals surface area contributed by atoms with Crippen molar-refractivity contribution in [1.29, 1.82) is 0 Å². The Bertz CT molecular complexity index is 251. The van der Waals surface area contributed by atoms with Gasteiger partial charge in [0.25, 0.3) is 0 Å². The Balaban J connectivity index is 2.36. The van der Waals surface area contributed by atoms with Crippen LogP contribution < -0.4 is 5.32 Å². The number of nitrogens with one attached hydrogen (secondary N) is 1. The maximum Gasteiger partial charge on any atom is 0.223 e. The van der Waals surface area contributed by atoms with E-state index in [9.17, 15) is 9.90 Å². The summed E-state index contributed by atoms with van der Waals surface area (Å²) in [6, 6.07) is 0.378. The second-order valence-electron chi connectivity index (χ2n) is 6.03. The van der Waals surface area contributed by atoms with Crippen LogP contribution in [0.15, 0.2) is 0 Å². The first kappa shape index (κ1) is 15.4. The summed E-state index contributed by atoms with van der Waals surface area (Å²) in [5.41, 5.74) is 0. The van der Waals surface area contributed by atoms with Gasteiger partial charge in [-0.15, -0.1) is 0 Å². The Labute approximate surface area is 111 Å². The third-order valence-electron chi connectivity index (χ3n) is 3.99. The van der Waals surface area contributed by atoms with Crippen LogP contribution >= 0.6 is 0 Å². The van der Waals surface area contributed by atoms with Gasteiger partial charge in [-0.1, -0.05) is 13.8 Å². The third-order valence-corrected chi connectivity index (χ3v) is 3.99. The van der Waals surface area contributed by atoms with Gasteiger partial charge in [0.15, 0.2) is 0 Å². The second kappa shape index (κ2) is 7.10. The first-order valence-electron chi connectivity index (χ1n) is 7.04. The zero-order valence-corrected chi connectivity index (χ0v) is 12.1. The average Bonchev–Trinajstić information content (AvgIpc) is 2.28. The standard InChI is InChI=1S/C14H28N2O2/c1-10(2)13(16(3)4)9-15-14(18)11-5-7-12(17)8-6-11/h10-13,17H,5-9H2,1-4H3,(H,15,18). The van der Waals surface area contributed by atoms with Crippen LogP contribution in [0.5, 0.6) is 0 Å². The lowest BCUT2D eigenvalue weighted by molar-refractivity contribution is -0.126. The van der Waals surface area contributed by atoms with E-state index in [0.29, 0.717) is 18.5 Å². The van der Waals surface area contributed by atoms with Crippen molar-refractivity contribution in [3.05, 3.63) is 0 Å². The summed E-state index contributed by atoms with van der Waals surface area (Å²) in [4.78, 5) is 14.2. The molecule has 0 spiro atoms. The summed E-state index contributed by atoms with van der Waals surface area (Å²) in [7, 11) is 4.10. The van der Waals surface area contributed by atoms with Gasteiger partial charge in [-0.05, 0) is 45.7 Å². The van der Waals surface area contributed by atoms with Crippen molar-refractivity contribution >= 4 is 5.91 Å². The van der Waals surface area contributed by atoms with E-state index in [2.05, 4.69) is 24.1 Å². The molecule has 18 heavy (non-hydrogen) atoms. The number of hydrogen-bond acceptors (Lipinski definition) is 3. The number of aliphatic hydroxyl groups is 1. The van der Waals surface area contributed by atoms with Crippen LogP contribution in [-0.4, -0.2) is 48.7 Å². The molecule has 1 unspecified atom stereocenters. The molecule has 4 heteroatoms. The fourth-order valence-corrected chi connectivity index (χ4v) is 2.70. The normalized spacial score (nSPS) is 26.4. The largest absolute Gasteiger partial charge is 0.393 e. The van der Waals surface area contributed by atoms with E-state index in [4.69, 9.17) is 0 Å². The summed E-state index contributed by atoms with van der Waals surface area (Å²) in [6.07, 6.45) is 2.97. The van der Waals surface area contributed by atoms with Crippen molar-refractivity contribution in [1.82, 2.24) is 10.2 Å². The lowest BCUT2D eigenvalue weighted by atomic mass is 9.87. The molecule has 0 saturated heterocycles. The molecule has 1 rings (SSSR count). The molecule has 0 aliphatic heterocycles. The van der Waals surface area contributed by atoms with Gasteiger partial charge in [0, 0.05) is 18.5 Å². The third kappa shape index (κ3) is 4.58. The summed E-state index contributed by atoms with van der Waals surface area (Å²) in [5, 5.41) is 12.5. The zero-order valence-electron chi connectivity index (χ0n) is 12.1. The number of hydrogen-bond donors (Lipinski definition) is 2. The molecule has 0 heterocycles. The van der Waals surface area contributed by atoms with E-state index >= 15 is 0 Å². The van der Waals surface area contributed by atoms with Crippen LogP contribution in [0.1, 0.15) is 39.5 Å². The molecule has 0 aromatic rings. The molecule has 0 bridgehead atoms. The minimum atomic E-state index is -0.195. The maximum absolute atomic E-state index is 12.0. The summed E-state index contributed by atoms with van der Waals surface area (Å²) in [5.74, 6) is 0.784. The highest BCUT2D eigenvalue weighted by Gasteiger charge is 2.26. The Kier molecular flexibility index (Phi) is 6.09. The molecule has 2 N–H and O–H groups in total. The van der Waals surface area contributed by atoms with Crippen LogP contribution in [0.4, 0.5) is 0 Å². The van der Waals surface area contributed by atoms with E-state index in [1.807, 2.05) is 14.1 Å². The zero-order chi connectivity index (χ0) is 13.7. The number of carbonyl (C=O) groups is 1. The second-order valence-corrected chi connectivity index (χ2v) is 6.03. The van der Waals surface area contributed by atoms with Crippen molar-refractivity contribution in [2.24, 2.45) is 11.8 Å². The number of rotatable bonds is 5. The molecule has 106 valence electrons. The molecule has 1 aliphatic rings. The number of nitrogens with zero attached hydrogens (tertiary/aromatic N) is 1. The van der Waals surface area contributed by atoms with E-state index in [1.165, 1.54) is 0 Å². The molecule has 4 nitrogen and oxygen atoms in total. The first-order chi connectivity index (χ1) is 8.41. The lowest BCUT2D eigenvalue weighted by Crippen LogP contribution is -2.45. The van der Waals surface area contributed by atoms with Crippen molar-refractivity contribution in [3.63, 3.8) is 0 Å². The lowest BCUT2D eigenvalue weighted by Gasteiger charge is -2.30. The number of carbonyl (C=O) groups excluding carboxylic acids is 1. The van der Waals surface area contributed by atoms with Gasteiger partial charge in [-0.2, -0.15) is 0 Å². The molecule has 0 radical (unpaired) electrons. The molecular formula is C14H28N2O2. The highest BCUT2D eigenvalue weighted by molar-refractivity contribution is 5.78. The van der Waals surface area contributed by atoms with Crippen LogP contribution in [0.25, 0.3) is 0 Å². The van der Waals surface area contributed by atoms with E-state index in [-0.39, 0.29) is 17.9 Å². The highest BCUT2D eigenvalue weighted by atomic mass is 16.3. The Morgan fingerprint density at radius 2 is 1.83 bits per heavy atom. The van der Waals surface area contributed by atoms with Crippen molar-refractivity contribution in [2.45, 2.75) is 51.7 Å². The Hall–Kier alpha value is -0.610. The predicted molar refractivity (Wildman–Crippen MR) is 73.3 cm³/mol. The molecule has 0 aromatic carbocycles. The number of amides is 1. The van der Waals surface area contributed by atoms with Gasteiger partial charge in [0.05, 0.1) is 6.10 Å². The minimum Gasteiger partial charge on any atom is -0.393 e. The molecule has 1 fully saturated rings. The van der Waals surface area contributed by atoms with Crippen molar-refractivity contribution < 1.29 is 9.90 Å². The van der Waals surface area contributed by atoms with Crippen LogP contribution in [0, 0.1) is 11.8 Å². The quantitative estimate of drug-likeness (QED) is 0.778. The minimum absolute atomic E-state index is 0.100. The summed E-state index contributed by atoms with van der Waals surface area (Å²) < 4.78 is 0. The molecular weight excluding hydrogens is 228 g/mol. The number of likely N-dealkylation sites (N-methyl/N-ethyl adjacent to an activating group) is 1. The van der Waals surface area contributed by atoms with Gasteiger partial charge in [-0.3, -0.25) is 4.79 Å². The highest BCUT2D eigenvalue weighted by Crippen LogP contribution is 2.24. The topological polar surface area (TPSA) is 52.6 Å². The molecule has 0 aromatic heterocycles. The Morgan fingerprint density at radius 1 is 1.28 bits per heavy atom. The fourth-order valence-electron chi connectivity index (χ4n) is 2.70. The van der Waals surface area contributed by atoms with Crippen LogP contribution in [0.2, 0.25) is 0 Å². The molecule has 1 atom stereocenters. The fraction of sp³-hybridized carbons (Fsp3) is 0.929.